The predicted molar refractivity (Wildman–Crippen MR) is 64.5 cm³/mol. The van der Waals surface area contributed by atoms with Crippen molar-refractivity contribution in [2.45, 2.75) is 20.4 Å². The first-order valence-corrected chi connectivity index (χ1v) is 5.94. The van der Waals surface area contributed by atoms with E-state index in [1.54, 1.807) is 18.4 Å². The summed E-state index contributed by atoms with van der Waals surface area (Å²) in [5.74, 6) is 0. The lowest BCUT2D eigenvalue weighted by molar-refractivity contribution is 0.205. The van der Waals surface area contributed by atoms with Crippen LogP contribution in [-0.2, 0) is 11.3 Å². The molecule has 0 saturated heterocycles. The smallest absolute Gasteiger partial charge is 0.185 e. The van der Waals surface area contributed by atoms with Crippen LogP contribution < -0.4 is 10.6 Å². The first-order chi connectivity index (χ1) is 7.22. The number of hydrogen-bond donors (Lipinski definition) is 1. The van der Waals surface area contributed by atoms with E-state index in [4.69, 9.17) is 10.5 Å². The van der Waals surface area contributed by atoms with Gasteiger partial charge in [-0.25, -0.2) is 4.98 Å². The van der Waals surface area contributed by atoms with Gasteiger partial charge < -0.3 is 15.4 Å². The number of thiazole rings is 1. The number of rotatable bonds is 6. The Morgan fingerprint density at radius 1 is 1.53 bits per heavy atom. The molecule has 0 aliphatic heterocycles. The van der Waals surface area contributed by atoms with E-state index in [0.29, 0.717) is 6.54 Å². The number of ether oxygens (including phenoxy) is 1. The van der Waals surface area contributed by atoms with E-state index in [1.165, 1.54) is 4.88 Å². The Hall–Kier alpha value is -0.650. The van der Waals surface area contributed by atoms with Crippen LogP contribution in [0, 0.1) is 6.92 Å². The number of nitrogens with two attached hydrogens (primary N) is 1. The number of aryl methyl sites for hydroxylation is 1. The maximum Gasteiger partial charge on any atom is 0.185 e. The normalized spacial score (nSPS) is 10.7. The molecule has 1 rings (SSSR count). The molecule has 4 nitrogen and oxygen atoms in total. The Kier molecular flexibility index (Phi) is 5.01. The van der Waals surface area contributed by atoms with Crippen LogP contribution >= 0.6 is 11.3 Å². The molecule has 1 aromatic rings. The first-order valence-electron chi connectivity index (χ1n) is 5.13. The van der Waals surface area contributed by atoms with Gasteiger partial charge in [0, 0.05) is 31.6 Å². The average molecular weight is 229 g/mol. The van der Waals surface area contributed by atoms with Crippen LogP contribution in [0.3, 0.4) is 0 Å². The number of anilines is 1. The third-order valence-corrected chi connectivity index (χ3v) is 3.52. The molecule has 0 aliphatic carbocycles. The van der Waals surface area contributed by atoms with Gasteiger partial charge in [0.15, 0.2) is 5.13 Å². The summed E-state index contributed by atoms with van der Waals surface area (Å²) in [5.41, 5.74) is 6.68. The van der Waals surface area contributed by atoms with E-state index in [1.807, 2.05) is 6.92 Å². The average Bonchev–Trinajstić information content (AvgIpc) is 2.61. The third kappa shape index (κ3) is 3.15. The number of methoxy groups -OCH3 is 1. The molecule has 0 aromatic carbocycles. The summed E-state index contributed by atoms with van der Waals surface area (Å²) < 4.78 is 5.07. The third-order valence-electron chi connectivity index (χ3n) is 2.28. The Labute approximate surface area is 95.1 Å². The predicted octanol–water partition coefficient (Wildman–Crippen LogP) is 1.38. The Balaban J connectivity index is 2.73. The van der Waals surface area contributed by atoms with Crippen molar-refractivity contribution in [2.24, 2.45) is 5.73 Å². The van der Waals surface area contributed by atoms with Gasteiger partial charge in [-0.15, -0.1) is 11.3 Å². The summed E-state index contributed by atoms with van der Waals surface area (Å²) in [6.45, 7) is 7.25. The van der Waals surface area contributed by atoms with Crippen molar-refractivity contribution in [2.75, 3.05) is 31.7 Å². The van der Waals surface area contributed by atoms with E-state index >= 15 is 0 Å². The van der Waals surface area contributed by atoms with Gasteiger partial charge >= 0.3 is 0 Å². The maximum absolute atomic E-state index is 5.63. The van der Waals surface area contributed by atoms with E-state index in [0.717, 1.165) is 30.5 Å². The Bertz CT molecular complexity index is 301. The molecule has 1 heterocycles. The van der Waals surface area contributed by atoms with Gasteiger partial charge in [-0.3, -0.25) is 0 Å². The summed E-state index contributed by atoms with van der Waals surface area (Å²) >= 11 is 1.68. The minimum atomic E-state index is 0.575. The van der Waals surface area contributed by atoms with Gasteiger partial charge in [0.2, 0.25) is 0 Å². The number of hydrogen-bond acceptors (Lipinski definition) is 5. The summed E-state index contributed by atoms with van der Waals surface area (Å²) in [5, 5.41) is 1.05. The lowest BCUT2D eigenvalue weighted by atomic mass is 10.4. The van der Waals surface area contributed by atoms with Crippen molar-refractivity contribution in [3.8, 4) is 0 Å². The highest BCUT2D eigenvalue weighted by molar-refractivity contribution is 7.15. The SMILES string of the molecule is CCN(CCOC)c1nc(C)c(CN)s1. The van der Waals surface area contributed by atoms with Crippen LogP contribution in [0.1, 0.15) is 17.5 Å². The highest BCUT2D eigenvalue weighted by Gasteiger charge is 2.11. The van der Waals surface area contributed by atoms with Crippen molar-refractivity contribution >= 4 is 16.5 Å². The Morgan fingerprint density at radius 2 is 2.27 bits per heavy atom. The molecule has 5 heteroatoms. The topological polar surface area (TPSA) is 51.4 Å². The Morgan fingerprint density at radius 3 is 2.73 bits per heavy atom. The number of aromatic nitrogens is 1. The van der Waals surface area contributed by atoms with Crippen LogP contribution in [0.25, 0.3) is 0 Å². The zero-order valence-corrected chi connectivity index (χ0v) is 10.4. The molecule has 0 bridgehead atoms. The monoisotopic (exact) mass is 229 g/mol. The fourth-order valence-electron chi connectivity index (χ4n) is 1.33. The van der Waals surface area contributed by atoms with Crippen molar-refractivity contribution in [3.63, 3.8) is 0 Å². The molecule has 0 radical (unpaired) electrons. The lowest BCUT2D eigenvalue weighted by Crippen LogP contribution is -2.26. The highest BCUT2D eigenvalue weighted by Crippen LogP contribution is 2.25. The highest BCUT2D eigenvalue weighted by atomic mass is 32.1. The second-order valence-corrected chi connectivity index (χ2v) is 4.34. The fourth-order valence-corrected chi connectivity index (χ4v) is 2.36. The van der Waals surface area contributed by atoms with Crippen LogP contribution in [0.2, 0.25) is 0 Å². The van der Waals surface area contributed by atoms with Gasteiger partial charge in [0.05, 0.1) is 12.3 Å². The molecule has 0 atom stereocenters. The fraction of sp³-hybridized carbons (Fsp3) is 0.700. The van der Waals surface area contributed by atoms with E-state index in [9.17, 15) is 0 Å². The molecule has 0 saturated carbocycles. The molecule has 0 unspecified atom stereocenters. The van der Waals surface area contributed by atoms with Gasteiger partial charge in [0.1, 0.15) is 0 Å². The number of nitrogens with zero attached hydrogens (tertiary/aromatic N) is 2. The molecule has 86 valence electrons. The molecular formula is C10H19N3OS. The van der Waals surface area contributed by atoms with E-state index in [2.05, 4.69) is 16.8 Å². The van der Waals surface area contributed by atoms with Crippen LogP contribution in [0.15, 0.2) is 0 Å². The van der Waals surface area contributed by atoms with Gasteiger partial charge in [-0.05, 0) is 13.8 Å². The zero-order chi connectivity index (χ0) is 11.3. The molecule has 1 aromatic heterocycles. The number of likely N-dealkylation sites (N-methyl/N-ethyl adjacent to an activating group) is 1. The molecule has 0 amide bonds. The minimum absolute atomic E-state index is 0.575. The maximum atomic E-state index is 5.63. The molecular weight excluding hydrogens is 210 g/mol. The molecule has 15 heavy (non-hydrogen) atoms. The second-order valence-electron chi connectivity index (χ2n) is 3.28. The molecule has 2 N–H and O–H groups in total. The summed E-state index contributed by atoms with van der Waals surface area (Å²) in [4.78, 5) is 7.89. The first kappa shape index (κ1) is 12.4. The molecule has 0 spiro atoms. The zero-order valence-electron chi connectivity index (χ0n) is 9.62. The van der Waals surface area contributed by atoms with Gasteiger partial charge in [-0.1, -0.05) is 0 Å². The van der Waals surface area contributed by atoms with Crippen molar-refractivity contribution in [3.05, 3.63) is 10.6 Å². The van der Waals surface area contributed by atoms with Crippen LogP contribution in [-0.4, -0.2) is 31.8 Å². The minimum Gasteiger partial charge on any atom is -0.383 e. The van der Waals surface area contributed by atoms with E-state index in [-0.39, 0.29) is 0 Å². The molecule has 0 fully saturated rings. The van der Waals surface area contributed by atoms with Crippen LogP contribution in [0.4, 0.5) is 5.13 Å². The van der Waals surface area contributed by atoms with Gasteiger partial charge in [0.25, 0.3) is 0 Å². The van der Waals surface area contributed by atoms with E-state index < -0.39 is 0 Å². The van der Waals surface area contributed by atoms with Crippen LogP contribution in [0.5, 0.6) is 0 Å². The second kappa shape index (κ2) is 6.05. The molecule has 0 aliphatic rings. The standard InChI is InChI=1S/C10H19N3OS/c1-4-13(5-6-14-3)10-12-8(2)9(7-11)15-10/h4-7,11H2,1-3H3. The summed E-state index contributed by atoms with van der Waals surface area (Å²) in [6.07, 6.45) is 0. The van der Waals surface area contributed by atoms with Crippen molar-refractivity contribution < 1.29 is 4.74 Å². The lowest BCUT2D eigenvalue weighted by Gasteiger charge is -2.18. The van der Waals surface area contributed by atoms with Crippen molar-refractivity contribution in [1.82, 2.24) is 4.98 Å². The summed E-state index contributed by atoms with van der Waals surface area (Å²) in [7, 11) is 1.71. The quantitative estimate of drug-likeness (QED) is 0.800. The largest absolute Gasteiger partial charge is 0.383 e. The van der Waals surface area contributed by atoms with Gasteiger partial charge in [-0.2, -0.15) is 0 Å². The van der Waals surface area contributed by atoms with Crippen molar-refractivity contribution in [1.29, 1.82) is 0 Å². The summed E-state index contributed by atoms with van der Waals surface area (Å²) in [6, 6.07) is 0.